The van der Waals surface area contributed by atoms with Crippen molar-refractivity contribution in [2.24, 2.45) is 0 Å². The number of aromatic nitrogens is 2. The molecule has 7 heteroatoms. The molecule has 1 atom stereocenters. The number of hydrogen-bond acceptors (Lipinski definition) is 6. The van der Waals surface area contributed by atoms with Gasteiger partial charge in [0.15, 0.2) is 6.10 Å². The lowest BCUT2D eigenvalue weighted by Crippen LogP contribution is -2.40. The summed E-state index contributed by atoms with van der Waals surface area (Å²) in [6, 6.07) is 16.5. The number of methoxy groups -OCH3 is 1. The van der Waals surface area contributed by atoms with Crippen molar-refractivity contribution in [1.82, 2.24) is 15.0 Å². The van der Waals surface area contributed by atoms with Crippen LogP contribution < -0.4 is 9.47 Å². The molecule has 0 N–H and O–H groups in total. The van der Waals surface area contributed by atoms with Crippen molar-refractivity contribution in [3.63, 3.8) is 0 Å². The Morgan fingerprint density at radius 3 is 2.55 bits per heavy atom. The molecule has 1 heterocycles. The Kier molecular flexibility index (Phi) is 6.63. The Morgan fingerprint density at radius 1 is 1.17 bits per heavy atom. The zero-order chi connectivity index (χ0) is 20.6. The number of ether oxygens (including phenoxy) is 2. The van der Waals surface area contributed by atoms with Gasteiger partial charge in [-0.15, -0.1) is 6.58 Å². The normalized spacial score (nSPS) is 11.5. The second kappa shape index (κ2) is 9.54. The first-order chi connectivity index (χ1) is 14.1. The van der Waals surface area contributed by atoms with E-state index in [1.807, 2.05) is 42.5 Å². The van der Waals surface area contributed by atoms with E-state index in [4.69, 9.17) is 14.0 Å². The van der Waals surface area contributed by atoms with Crippen LogP contribution in [0.15, 0.2) is 71.8 Å². The standard InChI is InChI=1S/C22H23N3O4/c1-4-14-25(22(26)16(2)28-19-8-6-5-7-9-19)15-20-23-21(24-29-20)17-10-12-18(27-3)13-11-17/h4-13,16H,1,14-15H2,2-3H3/t16-/m0/s1. The third kappa shape index (κ3) is 5.22. The van der Waals surface area contributed by atoms with Gasteiger partial charge in [0.2, 0.25) is 11.7 Å². The predicted molar refractivity (Wildman–Crippen MR) is 108 cm³/mol. The van der Waals surface area contributed by atoms with E-state index in [1.165, 1.54) is 0 Å². The second-order valence-corrected chi connectivity index (χ2v) is 6.32. The molecule has 150 valence electrons. The Bertz CT molecular complexity index is 938. The molecule has 7 nitrogen and oxygen atoms in total. The summed E-state index contributed by atoms with van der Waals surface area (Å²) in [7, 11) is 1.61. The van der Waals surface area contributed by atoms with Crippen LogP contribution in [-0.2, 0) is 11.3 Å². The summed E-state index contributed by atoms with van der Waals surface area (Å²) in [6.45, 7) is 5.93. The highest BCUT2D eigenvalue weighted by atomic mass is 16.5. The van der Waals surface area contributed by atoms with E-state index in [-0.39, 0.29) is 12.5 Å². The Balaban J connectivity index is 1.69. The SMILES string of the molecule is C=CCN(Cc1nc(-c2ccc(OC)cc2)no1)C(=O)[C@H](C)Oc1ccccc1. The lowest BCUT2D eigenvalue weighted by Gasteiger charge is -2.23. The summed E-state index contributed by atoms with van der Waals surface area (Å²) < 4.78 is 16.2. The van der Waals surface area contributed by atoms with Crippen LogP contribution in [0.4, 0.5) is 0 Å². The van der Waals surface area contributed by atoms with Gasteiger partial charge in [0, 0.05) is 12.1 Å². The molecule has 3 aromatic rings. The van der Waals surface area contributed by atoms with Crippen LogP contribution in [0.5, 0.6) is 11.5 Å². The van der Waals surface area contributed by atoms with Gasteiger partial charge in [-0.2, -0.15) is 4.98 Å². The van der Waals surface area contributed by atoms with E-state index in [2.05, 4.69) is 16.7 Å². The van der Waals surface area contributed by atoms with Crippen molar-refractivity contribution in [1.29, 1.82) is 0 Å². The minimum Gasteiger partial charge on any atom is -0.497 e. The number of benzene rings is 2. The zero-order valence-corrected chi connectivity index (χ0v) is 16.4. The van der Waals surface area contributed by atoms with Crippen molar-refractivity contribution < 1.29 is 18.8 Å². The smallest absolute Gasteiger partial charge is 0.264 e. The summed E-state index contributed by atoms with van der Waals surface area (Å²) in [5.74, 6) is 1.96. The fourth-order valence-corrected chi connectivity index (χ4v) is 2.74. The second-order valence-electron chi connectivity index (χ2n) is 6.32. The summed E-state index contributed by atoms with van der Waals surface area (Å²) in [5.41, 5.74) is 0.795. The third-order valence-corrected chi connectivity index (χ3v) is 4.21. The molecule has 1 aromatic heterocycles. The maximum atomic E-state index is 12.8. The quantitative estimate of drug-likeness (QED) is 0.516. The molecular weight excluding hydrogens is 370 g/mol. The minimum atomic E-state index is -0.665. The molecule has 0 saturated heterocycles. The van der Waals surface area contributed by atoms with E-state index in [0.29, 0.717) is 24.0 Å². The first-order valence-corrected chi connectivity index (χ1v) is 9.19. The summed E-state index contributed by atoms with van der Waals surface area (Å²) in [4.78, 5) is 18.8. The van der Waals surface area contributed by atoms with Crippen LogP contribution in [0.2, 0.25) is 0 Å². The van der Waals surface area contributed by atoms with Gasteiger partial charge in [-0.3, -0.25) is 4.79 Å². The molecule has 0 bridgehead atoms. The van der Waals surface area contributed by atoms with Crippen LogP contribution in [0.1, 0.15) is 12.8 Å². The average Bonchev–Trinajstić information content (AvgIpc) is 3.22. The first kappa shape index (κ1) is 20.1. The lowest BCUT2D eigenvalue weighted by molar-refractivity contribution is -0.138. The molecule has 0 unspecified atom stereocenters. The van der Waals surface area contributed by atoms with Crippen LogP contribution >= 0.6 is 0 Å². The van der Waals surface area contributed by atoms with Gasteiger partial charge in [-0.25, -0.2) is 0 Å². The van der Waals surface area contributed by atoms with Gasteiger partial charge in [-0.1, -0.05) is 29.4 Å². The number of amides is 1. The van der Waals surface area contributed by atoms with E-state index < -0.39 is 6.10 Å². The molecule has 1 amide bonds. The molecule has 0 aliphatic rings. The molecule has 2 aromatic carbocycles. The Hall–Kier alpha value is -3.61. The van der Waals surface area contributed by atoms with Gasteiger partial charge in [0.1, 0.15) is 18.0 Å². The molecule has 0 radical (unpaired) electrons. The third-order valence-electron chi connectivity index (χ3n) is 4.21. The number of rotatable bonds is 9. The highest BCUT2D eigenvalue weighted by molar-refractivity contribution is 5.81. The predicted octanol–water partition coefficient (Wildman–Crippen LogP) is 3.73. The Morgan fingerprint density at radius 2 is 1.90 bits per heavy atom. The van der Waals surface area contributed by atoms with Gasteiger partial charge in [-0.05, 0) is 43.3 Å². The van der Waals surface area contributed by atoms with Crippen LogP contribution in [-0.4, -0.2) is 40.7 Å². The van der Waals surface area contributed by atoms with Crippen molar-refractivity contribution in [3.05, 3.63) is 73.1 Å². The average molecular weight is 393 g/mol. The molecule has 0 saturated carbocycles. The topological polar surface area (TPSA) is 77.7 Å². The van der Waals surface area contributed by atoms with Gasteiger partial charge < -0.3 is 18.9 Å². The van der Waals surface area contributed by atoms with E-state index in [0.717, 1.165) is 11.3 Å². The van der Waals surface area contributed by atoms with E-state index >= 15 is 0 Å². The summed E-state index contributed by atoms with van der Waals surface area (Å²) >= 11 is 0. The maximum absolute atomic E-state index is 12.8. The molecule has 3 rings (SSSR count). The summed E-state index contributed by atoms with van der Waals surface area (Å²) in [5, 5.41) is 4.01. The van der Waals surface area contributed by atoms with Crippen molar-refractivity contribution in [2.45, 2.75) is 19.6 Å². The van der Waals surface area contributed by atoms with Crippen molar-refractivity contribution in [2.75, 3.05) is 13.7 Å². The van der Waals surface area contributed by atoms with Gasteiger partial charge >= 0.3 is 0 Å². The van der Waals surface area contributed by atoms with Crippen LogP contribution in [0.3, 0.4) is 0 Å². The van der Waals surface area contributed by atoms with Gasteiger partial charge in [0.05, 0.1) is 7.11 Å². The first-order valence-electron chi connectivity index (χ1n) is 9.19. The number of nitrogens with zero attached hydrogens (tertiary/aromatic N) is 3. The highest BCUT2D eigenvalue weighted by Gasteiger charge is 2.23. The number of para-hydroxylation sites is 1. The molecule has 0 fully saturated rings. The zero-order valence-electron chi connectivity index (χ0n) is 16.4. The molecule has 0 spiro atoms. The largest absolute Gasteiger partial charge is 0.497 e. The Labute approximate surface area is 169 Å². The summed E-state index contributed by atoms with van der Waals surface area (Å²) in [6.07, 6.45) is 0.981. The monoisotopic (exact) mass is 393 g/mol. The fourth-order valence-electron chi connectivity index (χ4n) is 2.74. The van der Waals surface area contributed by atoms with Gasteiger partial charge in [0.25, 0.3) is 5.91 Å². The molecule has 0 aliphatic heterocycles. The fraction of sp³-hybridized carbons (Fsp3) is 0.227. The van der Waals surface area contributed by atoms with E-state index in [9.17, 15) is 4.79 Å². The van der Waals surface area contributed by atoms with Crippen molar-refractivity contribution in [3.8, 4) is 22.9 Å². The molecule has 0 aliphatic carbocycles. The van der Waals surface area contributed by atoms with E-state index in [1.54, 1.807) is 37.1 Å². The molecule has 29 heavy (non-hydrogen) atoms. The number of hydrogen-bond donors (Lipinski definition) is 0. The minimum absolute atomic E-state index is 0.163. The number of carbonyl (C=O) groups is 1. The molecular formula is C22H23N3O4. The number of carbonyl (C=O) groups excluding carboxylic acids is 1. The maximum Gasteiger partial charge on any atom is 0.264 e. The van der Waals surface area contributed by atoms with Crippen LogP contribution in [0, 0.1) is 0 Å². The van der Waals surface area contributed by atoms with Crippen LogP contribution in [0.25, 0.3) is 11.4 Å². The van der Waals surface area contributed by atoms with Crippen molar-refractivity contribution >= 4 is 5.91 Å². The lowest BCUT2D eigenvalue weighted by atomic mass is 10.2. The highest BCUT2D eigenvalue weighted by Crippen LogP contribution is 2.20.